The van der Waals surface area contributed by atoms with Crippen molar-refractivity contribution in [3.63, 3.8) is 0 Å². The minimum atomic E-state index is -3.06. The van der Waals surface area contributed by atoms with Gasteiger partial charge in [-0.15, -0.1) is 0 Å². The molecular formula is C26H29ClF2N4O4. The molecule has 4 rings (SSSR count). The van der Waals surface area contributed by atoms with Crippen LogP contribution in [-0.2, 0) is 16.1 Å². The number of pyridine rings is 1. The van der Waals surface area contributed by atoms with Crippen LogP contribution in [0.3, 0.4) is 0 Å². The normalized spacial score (nSPS) is 16.4. The first-order valence-electron chi connectivity index (χ1n) is 12.0. The molecule has 1 amide bonds. The fraction of sp³-hybridized carbons (Fsp3) is 0.385. The van der Waals surface area contributed by atoms with E-state index < -0.39 is 6.61 Å². The van der Waals surface area contributed by atoms with Crippen LogP contribution in [0.25, 0.3) is 0 Å². The highest BCUT2D eigenvalue weighted by atomic mass is 35.5. The first-order chi connectivity index (χ1) is 17.9. The molecule has 1 fully saturated rings. The molecule has 0 unspecified atom stereocenters. The molecular weight excluding hydrogens is 506 g/mol. The molecule has 3 heterocycles. The molecule has 198 valence electrons. The summed E-state index contributed by atoms with van der Waals surface area (Å²) >= 11 is 6.05. The van der Waals surface area contributed by atoms with E-state index in [9.17, 15) is 13.6 Å². The summed E-state index contributed by atoms with van der Waals surface area (Å²) < 4.78 is 41.9. The van der Waals surface area contributed by atoms with Crippen LogP contribution in [-0.4, -0.2) is 43.9 Å². The second kappa shape index (κ2) is 12.7. The number of carbonyl (C=O) groups excluding carboxylic acids is 1. The lowest BCUT2D eigenvalue weighted by Gasteiger charge is -2.25. The van der Waals surface area contributed by atoms with Gasteiger partial charge in [0.15, 0.2) is 5.75 Å². The predicted molar refractivity (Wildman–Crippen MR) is 136 cm³/mol. The van der Waals surface area contributed by atoms with E-state index in [1.165, 1.54) is 12.1 Å². The lowest BCUT2D eigenvalue weighted by atomic mass is 10.0. The average molecular weight is 535 g/mol. The van der Waals surface area contributed by atoms with Gasteiger partial charge < -0.3 is 30.2 Å². The third kappa shape index (κ3) is 7.11. The maximum Gasteiger partial charge on any atom is 0.387 e. The Kier molecular flexibility index (Phi) is 9.19. The highest BCUT2D eigenvalue weighted by molar-refractivity contribution is 6.32. The Hall–Kier alpha value is -3.37. The van der Waals surface area contributed by atoms with E-state index >= 15 is 0 Å². The summed E-state index contributed by atoms with van der Waals surface area (Å²) in [5.74, 6) is 0.546. The van der Waals surface area contributed by atoms with Gasteiger partial charge in [-0.1, -0.05) is 24.2 Å². The molecule has 8 nitrogen and oxygen atoms in total. The SMILES string of the molecule is C=C(Nc1cccc(Cl)c1OC(F)F)C1=C(NCc2ccncc2OCC2CCOCC2)CCNC1=O. The molecule has 0 spiro atoms. The zero-order valence-electron chi connectivity index (χ0n) is 20.2. The van der Waals surface area contributed by atoms with Gasteiger partial charge in [-0.05, 0) is 37.0 Å². The number of ether oxygens (including phenoxy) is 3. The van der Waals surface area contributed by atoms with Gasteiger partial charge in [0.25, 0.3) is 5.91 Å². The van der Waals surface area contributed by atoms with Crippen molar-refractivity contribution < 1.29 is 27.8 Å². The van der Waals surface area contributed by atoms with Crippen molar-refractivity contribution >= 4 is 23.2 Å². The highest BCUT2D eigenvalue weighted by Gasteiger charge is 2.24. The molecule has 1 aromatic heterocycles. The predicted octanol–water partition coefficient (Wildman–Crippen LogP) is 4.63. The third-order valence-electron chi connectivity index (χ3n) is 6.13. The molecule has 0 aliphatic carbocycles. The van der Waals surface area contributed by atoms with Crippen molar-refractivity contribution in [1.82, 2.24) is 15.6 Å². The minimum absolute atomic E-state index is 0.00416. The Morgan fingerprint density at radius 1 is 1.30 bits per heavy atom. The minimum Gasteiger partial charge on any atom is -0.491 e. The number of anilines is 1. The van der Waals surface area contributed by atoms with Gasteiger partial charge in [-0.2, -0.15) is 8.78 Å². The molecule has 0 radical (unpaired) electrons. The molecule has 2 aliphatic rings. The summed E-state index contributed by atoms with van der Waals surface area (Å²) in [5.41, 5.74) is 2.22. The summed E-state index contributed by atoms with van der Waals surface area (Å²) in [4.78, 5) is 17.0. The van der Waals surface area contributed by atoms with Crippen molar-refractivity contribution in [2.75, 3.05) is 31.7 Å². The number of amides is 1. The number of halogens is 3. The summed E-state index contributed by atoms with van der Waals surface area (Å²) in [6, 6.07) is 6.39. The number of rotatable bonds is 11. The van der Waals surface area contributed by atoms with Crippen LogP contribution in [0.2, 0.25) is 5.02 Å². The molecule has 2 aliphatic heterocycles. The van der Waals surface area contributed by atoms with E-state index in [0.717, 1.165) is 31.6 Å². The molecule has 11 heteroatoms. The number of hydrogen-bond donors (Lipinski definition) is 3. The summed E-state index contributed by atoms with van der Waals surface area (Å²) in [7, 11) is 0. The first kappa shape index (κ1) is 26.7. The monoisotopic (exact) mass is 534 g/mol. The van der Waals surface area contributed by atoms with Gasteiger partial charge in [0, 0.05) is 55.9 Å². The maximum atomic E-state index is 12.9. The molecule has 2 aromatic rings. The summed E-state index contributed by atoms with van der Waals surface area (Å²) in [6.07, 6.45) is 5.83. The van der Waals surface area contributed by atoms with Gasteiger partial charge in [0.2, 0.25) is 0 Å². The fourth-order valence-corrected chi connectivity index (χ4v) is 4.42. The van der Waals surface area contributed by atoms with Crippen LogP contribution < -0.4 is 25.4 Å². The van der Waals surface area contributed by atoms with Crippen LogP contribution in [0.4, 0.5) is 14.5 Å². The summed E-state index contributed by atoms with van der Waals surface area (Å²) in [6.45, 7) is 3.83. The molecule has 0 bridgehead atoms. The lowest BCUT2D eigenvalue weighted by Crippen LogP contribution is -2.37. The van der Waals surface area contributed by atoms with Crippen molar-refractivity contribution in [2.45, 2.75) is 32.4 Å². The van der Waals surface area contributed by atoms with E-state index in [4.69, 9.17) is 21.1 Å². The van der Waals surface area contributed by atoms with Crippen LogP contribution in [0.15, 0.2) is 60.2 Å². The Morgan fingerprint density at radius 3 is 2.89 bits per heavy atom. The van der Waals surface area contributed by atoms with Crippen molar-refractivity contribution in [1.29, 1.82) is 0 Å². The second-order valence-corrected chi connectivity index (χ2v) is 9.07. The van der Waals surface area contributed by atoms with E-state index in [2.05, 4.69) is 32.3 Å². The van der Waals surface area contributed by atoms with E-state index in [0.29, 0.717) is 43.5 Å². The van der Waals surface area contributed by atoms with Crippen LogP contribution in [0.1, 0.15) is 24.8 Å². The number of nitrogens with one attached hydrogen (secondary N) is 3. The average Bonchev–Trinajstić information content (AvgIpc) is 2.89. The van der Waals surface area contributed by atoms with Gasteiger partial charge in [0.1, 0.15) is 5.75 Å². The molecule has 37 heavy (non-hydrogen) atoms. The summed E-state index contributed by atoms with van der Waals surface area (Å²) in [5, 5.41) is 9.04. The van der Waals surface area contributed by atoms with Crippen molar-refractivity contribution in [3.8, 4) is 11.5 Å². The van der Waals surface area contributed by atoms with Crippen LogP contribution >= 0.6 is 11.6 Å². The van der Waals surface area contributed by atoms with E-state index in [-0.39, 0.29) is 33.6 Å². The highest BCUT2D eigenvalue weighted by Crippen LogP contribution is 2.36. The number of carbonyl (C=O) groups is 1. The molecule has 3 N–H and O–H groups in total. The smallest absolute Gasteiger partial charge is 0.387 e. The maximum absolute atomic E-state index is 12.9. The largest absolute Gasteiger partial charge is 0.491 e. The van der Waals surface area contributed by atoms with Gasteiger partial charge >= 0.3 is 6.61 Å². The standard InChI is InChI=1S/C26H29ClF2N4O4/c1-16(33-21-4-2-3-19(27)24(21)37-26(28)29)23-20(6-10-31-25(23)34)32-13-18-5-9-30-14-22(18)36-15-17-7-11-35-12-8-17/h2-5,9,14,17,26,32-33H,1,6-8,10-13,15H2,(H,31,34). The quantitative estimate of drug-likeness (QED) is 0.387. The number of benzene rings is 1. The van der Waals surface area contributed by atoms with Crippen LogP contribution in [0, 0.1) is 5.92 Å². The Bertz CT molecular complexity index is 1160. The van der Waals surface area contributed by atoms with E-state index in [1.54, 1.807) is 18.5 Å². The second-order valence-electron chi connectivity index (χ2n) is 8.66. The molecule has 0 atom stereocenters. The lowest BCUT2D eigenvalue weighted by molar-refractivity contribution is -0.117. The van der Waals surface area contributed by atoms with Gasteiger partial charge in [-0.3, -0.25) is 9.78 Å². The van der Waals surface area contributed by atoms with Crippen molar-refractivity contribution in [3.05, 3.63) is 70.8 Å². The van der Waals surface area contributed by atoms with Gasteiger partial charge in [-0.25, -0.2) is 0 Å². The zero-order valence-corrected chi connectivity index (χ0v) is 21.0. The van der Waals surface area contributed by atoms with E-state index in [1.807, 2.05) is 6.07 Å². The fourth-order valence-electron chi connectivity index (χ4n) is 4.20. The number of alkyl halides is 2. The Balaban J connectivity index is 1.49. The molecule has 1 saturated heterocycles. The topological polar surface area (TPSA) is 93.7 Å². The molecule has 1 aromatic carbocycles. The van der Waals surface area contributed by atoms with Gasteiger partial charge in [0.05, 0.1) is 29.1 Å². The van der Waals surface area contributed by atoms with Crippen molar-refractivity contribution in [2.24, 2.45) is 5.92 Å². The Morgan fingerprint density at radius 2 is 2.11 bits per heavy atom. The number of aromatic nitrogens is 1. The number of nitrogens with zero attached hydrogens (tertiary/aromatic N) is 1. The third-order valence-corrected chi connectivity index (χ3v) is 6.43. The molecule has 0 saturated carbocycles. The first-order valence-corrected chi connectivity index (χ1v) is 12.4. The van der Waals surface area contributed by atoms with Crippen LogP contribution in [0.5, 0.6) is 11.5 Å². The number of hydrogen-bond acceptors (Lipinski definition) is 7. The Labute approximate surface area is 219 Å². The number of para-hydroxylation sites is 1. The zero-order chi connectivity index (χ0) is 26.2.